The molecule has 1 aliphatic rings. The lowest BCUT2D eigenvalue weighted by molar-refractivity contribution is 0.659. The number of nitrogens with zero attached hydrogens (tertiary/aromatic N) is 3. The van der Waals surface area contributed by atoms with Crippen molar-refractivity contribution in [1.82, 2.24) is 14.1 Å². The molecule has 0 aliphatic heterocycles. The van der Waals surface area contributed by atoms with Gasteiger partial charge in [-0.15, -0.1) is 0 Å². The zero-order valence-electron chi connectivity index (χ0n) is 27.7. The number of para-hydroxylation sites is 4. The molecule has 0 unspecified atom stereocenters. The summed E-state index contributed by atoms with van der Waals surface area (Å²) >= 11 is 0. The van der Waals surface area contributed by atoms with Gasteiger partial charge in [0, 0.05) is 38.5 Å². The van der Waals surface area contributed by atoms with Crippen LogP contribution < -0.4 is 0 Å². The van der Waals surface area contributed by atoms with Gasteiger partial charge in [-0.25, -0.2) is 4.98 Å². The van der Waals surface area contributed by atoms with Crippen LogP contribution in [0.15, 0.2) is 156 Å². The number of hydrogen-bond acceptors (Lipinski definition) is 2. The zero-order valence-corrected chi connectivity index (χ0v) is 27.7. The van der Waals surface area contributed by atoms with E-state index in [1.54, 1.807) is 0 Å². The summed E-state index contributed by atoms with van der Waals surface area (Å²) in [5.41, 5.74) is 14.7. The average Bonchev–Trinajstić information content (AvgIpc) is 3.89. The van der Waals surface area contributed by atoms with Gasteiger partial charge in [-0.2, -0.15) is 0 Å². The molecule has 4 nitrogen and oxygen atoms in total. The Morgan fingerprint density at radius 2 is 1.16 bits per heavy atom. The summed E-state index contributed by atoms with van der Waals surface area (Å²) in [5.74, 6) is 0.951. The summed E-state index contributed by atoms with van der Waals surface area (Å²) in [4.78, 5) is 5.10. The van der Waals surface area contributed by atoms with Crippen LogP contribution in [0.4, 0.5) is 0 Å². The number of aromatic nitrogens is 3. The Bertz CT molecular complexity index is 3010. The predicted molar refractivity (Wildman–Crippen MR) is 206 cm³/mol. The Morgan fingerprint density at radius 3 is 1.94 bits per heavy atom. The highest BCUT2D eigenvalue weighted by molar-refractivity contribution is 6.23. The number of rotatable bonds is 3. The lowest BCUT2D eigenvalue weighted by Crippen LogP contribution is -2.16. The summed E-state index contributed by atoms with van der Waals surface area (Å²) in [6, 6.07) is 54.4. The van der Waals surface area contributed by atoms with E-state index >= 15 is 0 Å². The number of benzene rings is 7. The first-order valence-corrected chi connectivity index (χ1v) is 17.2. The maximum Gasteiger partial charge on any atom is 0.145 e. The van der Waals surface area contributed by atoms with E-state index in [2.05, 4.69) is 169 Å². The predicted octanol–water partition coefficient (Wildman–Crippen LogP) is 12.0. The molecule has 4 heteroatoms. The van der Waals surface area contributed by atoms with Crippen LogP contribution in [0, 0.1) is 0 Å². The van der Waals surface area contributed by atoms with Crippen LogP contribution >= 0.6 is 0 Å². The SMILES string of the molecule is CC1(C)c2cc(-n3c(-c4ccccc4)nc4ccccc43)ccc2-c2ccc(-n3c4ccccc4c4c5oc6ccccc6c5ccc43)cc21. The Hall–Kier alpha value is -6.39. The molecule has 0 fully saturated rings. The van der Waals surface area contributed by atoms with Crippen molar-refractivity contribution in [2.24, 2.45) is 0 Å². The number of hydrogen-bond donors (Lipinski definition) is 0. The van der Waals surface area contributed by atoms with Gasteiger partial charge in [0.1, 0.15) is 17.0 Å². The third kappa shape index (κ3) is 3.62. The largest absolute Gasteiger partial charge is 0.455 e. The molecular weight excluding hydrogens is 611 g/mol. The third-order valence-electron chi connectivity index (χ3n) is 10.9. The Morgan fingerprint density at radius 1 is 0.520 bits per heavy atom. The molecule has 0 N–H and O–H groups in total. The lowest BCUT2D eigenvalue weighted by Gasteiger charge is -2.23. The molecule has 0 amide bonds. The van der Waals surface area contributed by atoms with Crippen molar-refractivity contribution >= 4 is 54.8 Å². The fraction of sp³-hybridized carbons (Fsp3) is 0.0652. The van der Waals surface area contributed by atoms with Gasteiger partial charge in [0.05, 0.1) is 27.5 Å². The lowest BCUT2D eigenvalue weighted by atomic mass is 9.82. The fourth-order valence-electron chi connectivity index (χ4n) is 8.57. The first kappa shape index (κ1) is 27.5. The summed E-state index contributed by atoms with van der Waals surface area (Å²) in [7, 11) is 0. The van der Waals surface area contributed by atoms with Crippen molar-refractivity contribution in [3.8, 4) is 33.9 Å². The molecule has 0 saturated carbocycles. The van der Waals surface area contributed by atoms with E-state index in [0.717, 1.165) is 66.6 Å². The van der Waals surface area contributed by atoms with Crippen molar-refractivity contribution < 1.29 is 4.42 Å². The van der Waals surface area contributed by atoms with Crippen LogP contribution in [0.1, 0.15) is 25.0 Å². The second kappa shape index (κ2) is 9.83. The van der Waals surface area contributed by atoms with Crippen LogP contribution in [0.2, 0.25) is 0 Å². The third-order valence-corrected chi connectivity index (χ3v) is 10.9. The number of imidazole rings is 1. The number of furan rings is 1. The maximum atomic E-state index is 6.56. The highest BCUT2D eigenvalue weighted by Gasteiger charge is 2.36. The minimum Gasteiger partial charge on any atom is -0.455 e. The number of fused-ring (bicyclic) bond motifs is 11. The van der Waals surface area contributed by atoms with E-state index in [-0.39, 0.29) is 5.41 Å². The van der Waals surface area contributed by atoms with Crippen LogP contribution in [-0.2, 0) is 5.41 Å². The van der Waals surface area contributed by atoms with E-state index < -0.39 is 0 Å². The van der Waals surface area contributed by atoms with E-state index in [0.29, 0.717) is 0 Å². The topological polar surface area (TPSA) is 35.9 Å². The van der Waals surface area contributed by atoms with E-state index in [4.69, 9.17) is 9.40 Å². The Balaban J connectivity index is 1.10. The molecule has 50 heavy (non-hydrogen) atoms. The molecule has 0 saturated heterocycles. The van der Waals surface area contributed by atoms with Crippen molar-refractivity contribution in [2.75, 3.05) is 0 Å². The second-order valence-electron chi connectivity index (χ2n) is 14.0. The van der Waals surface area contributed by atoms with Crippen molar-refractivity contribution in [1.29, 1.82) is 0 Å². The van der Waals surface area contributed by atoms with Gasteiger partial charge in [-0.1, -0.05) is 105 Å². The van der Waals surface area contributed by atoms with Crippen molar-refractivity contribution in [2.45, 2.75) is 19.3 Å². The molecule has 7 aromatic carbocycles. The van der Waals surface area contributed by atoms with E-state index in [9.17, 15) is 0 Å². The molecule has 10 aromatic rings. The first-order valence-electron chi connectivity index (χ1n) is 17.2. The van der Waals surface area contributed by atoms with Gasteiger partial charge in [0.25, 0.3) is 0 Å². The maximum absolute atomic E-state index is 6.56. The molecule has 3 heterocycles. The Labute approximate surface area is 288 Å². The van der Waals surface area contributed by atoms with Gasteiger partial charge in [-0.3, -0.25) is 4.57 Å². The summed E-state index contributed by atoms with van der Waals surface area (Å²) in [6.07, 6.45) is 0. The molecule has 3 aromatic heterocycles. The monoisotopic (exact) mass is 641 g/mol. The summed E-state index contributed by atoms with van der Waals surface area (Å²) in [5, 5.41) is 4.65. The van der Waals surface area contributed by atoms with Crippen LogP contribution in [0.25, 0.3) is 88.7 Å². The normalized spacial score (nSPS) is 13.6. The smallest absolute Gasteiger partial charge is 0.145 e. The molecule has 0 bridgehead atoms. The van der Waals surface area contributed by atoms with Crippen LogP contribution in [-0.4, -0.2) is 14.1 Å². The molecule has 1 aliphatic carbocycles. The van der Waals surface area contributed by atoms with Crippen molar-refractivity contribution in [3.63, 3.8) is 0 Å². The van der Waals surface area contributed by atoms with Crippen molar-refractivity contribution in [3.05, 3.63) is 163 Å². The minimum absolute atomic E-state index is 0.218. The highest BCUT2D eigenvalue weighted by Crippen LogP contribution is 2.51. The van der Waals surface area contributed by atoms with Gasteiger partial charge >= 0.3 is 0 Å². The van der Waals surface area contributed by atoms with E-state index in [1.807, 2.05) is 6.07 Å². The zero-order chi connectivity index (χ0) is 33.1. The van der Waals surface area contributed by atoms with Crippen LogP contribution in [0.3, 0.4) is 0 Å². The highest BCUT2D eigenvalue weighted by atomic mass is 16.3. The fourth-order valence-corrected chi connectivity index (χ4v) is 8.57. The summed E-state index contributed by atoms with van der Waals surface area (Å²) < 4.78 is 11.3. The summed E-state index contributed by atoms with van der Waals surface area (Å²) in [6.45, 7) is 4.72. The molecule has 0 radical (unpaired) electrons. The molecule has 0 atom stereocenters. The molecular formula is C46H31N3O. The minimum atomic E-state index is -0.218. The average molecular weight is 642 g/mol. The first-order chi connectivity index (χ1) is 24.6. The Kier molecular flexibility index (Phi) is 5.42. The van der Waals surface area contributed by atoms with Crippen LogP contribution in [0.5, 0.6) is 0 Å². The second-order valence-corrected chi connectivity index (χ2v) is 14.0. The van der Waals surface area contributed by atoms with Gasteiger partial charge in [0.15, 0.2) is 0 Å². The molecule has 11 rings (SSSR count). The van der Waals surface area contributed by atoms with Gasteiger partial charge in [-0.05, 0) is 82.9 Å². The van der Waals surface area contributed by atoms with E-state index in [1.165, 1.54) is 33.2 Å². The molecule has 236 valence electrons. The quantitative estimate of drug-likeness (QED) is 0.192. The standard InChI is InChI=1S/C46H31N3O/c1-46(2)36-26-29(48-39-17-9-6-15-35(39)43-41(48)25-24-34-33-14-7-11-19-42(33)50-44(34)43)20-22-31(36)32-23-21-30(27-37(32)46)49-40-18-10-8-16-38(40)47-45(49)28-12-4-3-5-13-28/h3-27H,1-2H3. The van der Waals surface area contributed by atoms with Gasteiger partial charge in [0.2, 0.25) is 0 Å². The molecule has 0 spiro atoms. The van der Waals surface area contributed by atoms with Gasteiger partial charge < -0.3 is 8.98 Å².